The molecule has 0 atom stereocenters. The normalized spacial score (nSPS) is 20.1. The van der Waals surface area contributed by atoms with Crippen molar-refractivity contribution in [3.8, 4) is 0 Å². The fourth-order valence-electron chi connectivity index (χ4n) is 3.38. The highest BCUT2D eigenvalue weighted by Gasteiger charge is 2.24. The standard InChI is InChI=1S/C15H24N4/c1-11-17-14-8-9-16-10-13(14)15(18-11)19(2)12-6-4-3-5-7-12/h12,16H,3-10H2,1-2H3. The first-order valence-electron chi connectivity index (χ1n) is 7.55. The second-order valence-electron chi connectivity index (χ2n) is 5.85. The molecule has 1 fully saturated rings. The topological polar surface area (TPSA) is 41.1 Å². The van der Waals surface area contributed by atoms with Gasteiger partial charge in [-0.3, -0.25) is 0 Å². The van der Waals surface area contributed by atoms with Gasteiger partial charge < -0.3 is 10.2 Å². The monoisotopic (exact) mass is 260 g/mol. The van der Waals surface area contributed by atoms with E-state index in [1.165, 1.54) is 49.2 Å². The number of nitrogens with zero attached hydrogens (tertiary/aromatic N) is 3. The Morgan fingerprint density at radius 1 is 1.16 bits per heavy atom. The van der Waals surface area contributed by atoms with Crippen LogP contribution in [0.1, 0.15) is 49.2 Å². The SMILES string of the molecule is Cc1nc2c(c(N(C)C3CCCCC3)n1)CNCC2. The van der Waals surface area contributed by atoms with E-state index in [1.807, 2.05) is 6.92 Å². The van der Waals surface area contributed by atoms with E-state index in [0.717, 1.165) is 25.3 Å². The van der Waals surface area contributed by atoms with Gasteiger partial charge in [-0.05, 0) is 19.8 Å². The number of nitrogens with one attached hydrogen (secondary N) is 1. The van der Waals surface area contributed by atoms with Crippen LogP contribution in [0.25, 0.3) is 0 Å². The Bertz CT molecular complexity index is 452. The molecule has 3 rings (SSSR count). The van der Waals surface area contributed by atoms with Crippen molar-refractivity contribution in [2.24, 2.45) is 0 Å². The van der Waals surface area contributed by atoms with E-state index in [-0.39, 0.29) is 0 Å². The summed E-state index contributed by atoms with van der Waals surface area (Å²) in [5.41, 5.74) is 2.58. The van der Waals surface area contributed by atoms with Gasteiger partial charge in [-0.15, -0.1) is 0 Å². The smallest absolute Gasteiger partial charge is 0.137 e. The zero-order chi connectivity index (χ0) is 13.2. The molecule has 0 spiro atoms. The van der Waals surface area contributed by atoms with Crippen molar-refractivity contribution < 1.29 is 0 Å². The Hall–Kier alpha value is -1.16. The summed E-state index contributed by atoms with van der Waals surface area (Å²) in [7, 11) is 2.21. The lowest BCUT2D eigenvalue weighted by atomic mass is 9.94. The molecule has 0 saturated heterocycles. The third-order valence-electron chi connectivity index (χ3n) is 4.48. The fraction of sp³-hybridized carbons (Fsp3) is 0.733. The second-order valence-corrected chi connectivity index (χ2v) is 5.85. The largest absolute Gasteiger partial charge is 0.356 e. The van der Waals surface area contributed by atoms with E-state index in [0.29, 0.717) is 6.04 Å². The predicted octanol–water partition coefficient (Wildman–Crippen LogP) is 2.20. The lowest BCUT2D eigenvalue weighted by molar-refractivity contribution is 0.424. The first-order chi connectivity index (χ1) is 9.25. The van der Waals surface area contributed by atoms with Crippen molar-refractivity contribution >= 4 is 5.82 Å². The zero-order valence-corrected chi connectivity index (χ0v) is 12.1. The molecule has 0 aromatic carbocycles. The van der Waals surface area contributed by atoms with Crippen LogP contribution in [-0.2, 0) is 13.0 Å². The average molecular weight is 260 g/mol. The van der Waals surface area contributed by atoms with Gasteiger partial charge in [-0.25, -0.2) is 9.97 Å². The molecule has 1 saturated carbocycles. The maximum absolute atomic E-state index is 4.74. The molecule has 19 heavy (non-hydrogen) atoms. The van der Waals surface area contributed by atoms with Crippen molar-refractivity contribution in [3.63, 3.8) is 0 Å². The third-order valence-corrected chi connectivity index (χ3v) is 4.48. The molecule has 4 nitrogen and oxygen atoms in total. The van der Waals surface area contributed by atoms with Gasteiger partial charge in [0.15, 0.2) is 0 Å². The molecule has 0 unspecified atom stereocenters. The third kappa shape index (κ3) is 2.59. The molecule has 2 heterocycles. The summed E-state index contributed by atoms with van der Waals surface area (Å²) < 4.78 is 0. The van der Waals surface area contributed by atoms with Crippen LogP contribution in [0.5, 0.6) is 0 Å². The predicted molar refractivity (Wildman–Crippen MR) is 77.5 cm³/mol. The van der Waals surface area contributed by atoms with Gasteiger partial charge in [-0.1, -0.05) is 19.3 Å². The van der Waals surface area contributed by atoms with Gasteiger partial charge in [0.2, 0.25) is 0 Å². The number of anilines is 1. The van der Waals surface area contributed by atoms with Crippen LogP contribution in [0.2, 0.25) is 0 Å². The van der Waals surface area contributed by atoms with Gasteiger partial charge in [0.1, 0.15) is 11.6 Å². The van der Waals surface area contributed by atoms with Crippen LogP contribution in [-0.4, -0.2) is 29.6 Å². The van der Waals surface area contributed by atoms with Crippen molar-refractivity contribution in [1.82, 2.24) is 15.3 Å². The fourth-order valence-corrected chi connectivity index (χ4v) is 3.38. The summed E-state index contributed by atoms with van der Waals surface area (Å²) in [6.07, 6.45) is 7.76. The maximum Gasteiger partial charge on any atom is 0.137 e. The van der Waals surface area contributed by atoms with Gasteiger partial charge >= 0.3 is 0 Å². The zero-order valence-electron chi connectivity index (χ0n) is 12.1. The molecule has 1 aliphatic heterocycles. The summed E-state index contributed by atoms with van der Waals surface area (Å²) in [6.45, 7) is 3.97. The number of hydrogen-bond acceptors (Lipinski definition) is 4. The van der Waals surface area contributed by atoms with E-state index >= 15 is 0 Å². The molecule has 1 aliphatic carbocycles. The van der Waals surface area contributed by atoms with E-state index in [9.17, 15) is 0 Å². The van der Waals surface area contributed by atoms with Gasteiger partial charge in [0.25, 0.3) is 0 Å². The van der Waals surface area contributed by atoms with Gasteiger partial charge in [0.05, 0.1) is 5.69 Å². The van der Waals surface area contributed by atoms with Crippen LogP contribution >= 0.6 is 0 Å². The molecule has 0 bridgehead atoms. The first-order valence-corrected chi connectivity index (χ1v) is 7.55. The highest BCUT2D eigenvalue weighted by atomic mass is 15.2. The molecule has 104 valence electrons. The molecular weight excluding hydrogens is 236 g/mol. The molecular formula is C15H24N4. The minimum Gasteiger partial charge on any atom is -0.356 e. The summed E-state index contributed by atoms with van der Waals surface area (Å²) >= 11 is 0. The van der Waals surface area contributed by atoms with Crippen LogP contribution in [0.4, 0.5) is 5.82 Å². The lowest BCUT2D eigenvalue weighted by Crippen LogP contribution is -2.37. The Kier molecular flexibility index (Phi) is 3.69. The van der Waals surface area contributed by atoms with E-state index < -0.39 is 0 Å². The Morgan fingerprint density at radius 2 is 1.95 bits per heavy atom. The van der Waals surface area contributed by atoms with Crippen molar-refractivity contribution in [3.05, 3.63) is 17.1 Å². The van der Waals surface area contributed by atoms with Crippen molar-refractivity contribution in [2.45, 2.75) is 58.0 Å². The van der Waals surface area contributed by atoms with Crippen LogP contribution in [0.3, 0.4) is 0 Å². The average Bonchev–Trinajstić information content (AvgIpc) is 2.46. The number of fused-ring (bicyclic) bond motifs is 1. The number of hydrogen-bond donors (Lipinski definition) is 1. The molecule has 4 heteroatoms. The molecule has 0 radical (unpaired) electrons. The molecule has 0 amide bonds. The van der Waals surface area contributed by atoms with E-state index in [1.54, 1.807) is 0 Å². The number of rotatable bonds is 2. The van der Waals surface area contributed by atoms with Crippen molar-refractivity contribution in [2.75, 3.05) is 18.5 Å². The van der Waals surface area contributed by atoms with Crippen LogP contribution in [0, 0.1) is 6.92 Å². The Morgan fingerprint density at radius 3 is 2.74 bits per heavy atom. The quantitative estimate of drug-likeness (QED) is 0.885. The minimum atomic E-state index is 0.661. The van der Waals surface area contributed by atoms with Crippen LogP contribution in [0.15, 0.2) is 0 Å². The highest BCUT2D eigenvalue weighted by Crippen LogP contribution is 2.29. The van der Waals surface area contributed by atoms with Gasteiger partial charge in [0, 0.05) is 38.2 Å². The highest BCUT2D eigenvalue weighted by molar-refractivity contribution is 5.50. The number of aryl methyl sites for hydroxylation is 1. The summed E-state index contributed by atoms with van der Waals surface area (Å²) in [6, 6.07) is 0.661. The molecule has 1 N–H and O–H groups in total. The van der Waals surface area contributed by atoms with E-state index in [2.05, 4.69) is 22.2 Å². The van der Waals surface area contributed by atoms with E-state index in [4.69, 9.17) is 4.98 Å². The minimum absolute atomic E-state index is 0.661. The van der Waals surface area contributed by atoms with Crippen LogP contribution < -0.4 is 10.2 Å². The van der Waals surface area contributed by atoms with Crippen molar-refractivity contribution in [1.29, 1.82) is 0 Å². The second kappa shape index (κ2) is 5.45. The summed E-state index contributed by atoms with van der Waals surface area (Å²) in [5, 5.41) is 3.45. The summed E-state index contributed by atoms with van der Waals surface area (Å²) in [5.74, 6) is 2.08. The Balaban J connectivity index is 1.92. The first kappa shape index (κ1) is 12.9. The summed E-state index contributed by atoms with van der Waals surface area (Å²) in [4.78, 5) is 11.8. The van der Waals surface area contributed by atoms with Gasteiger partial charge in [-0.2, -0.15) is 0 Å². The lowest BCUT2D eigenvalue weighted by Gasteiger charge is -2.34. The molecule has 1 aromatic heterocycles. The Labute approximate surface area is 115 Å². The molecule has 1 aromatic rings. The number of aromatic nitrogens is 2. The molecule has 2 aliphatic rings. The maximum atomic E-state index is 4.74.